The van der Waals surface area contributed by atoms with Crippen molar-refractivity contribution in [1.29, 1.82) is 0 Å². The van der Waals surface area contributed by atoms with Crippen LogP contribution in [0, 0.1) is 0 Å². The van der Waals surface area contributed by atoms with E-state index in [1.165, 1.54) is 17.0 Å². The molecule has 2 aromatic carbocycles. The van der Waals surface area contributed by atoms with Gasteiger partial charge in [-0.1, -0.05) is 60.4 Å². The second-order valence-corrected chi connectivity index (χ2v) is 8.33. The van der Waals surface area contributed by atoms with Gasteiger partial charge in [0.05, 0.1) is 4.91 Å². The molecular weight excluding hydrogens is 436 g/mol. The quantitative estimate of drug-likeness (QED) is 0.345. The second kappa shape index (κ2) is 9.59. The van der Waals surface area contributed by atoms with Crippen LogP contribution in [0.5, 0.6) is 5.75 Å². The van der Waals surface area contributed by atoms with Crippen LogP contribution in [-0.4, -0.2) is 43.8 Å². The summed E-state index contributed by atoms with van der Waals surface area (Å²) in [5.41, 5.74) is 1.71. The highest BCUT2D eigenvalue weighted by Gasteiger charge is 2.33. The van der Waals surface area contributed by atoms with Crippen molar-refractivity contribution in [3.05, 3.63) is 76.2 Å². The third-order valence-corrected chi connectivity index (χ3v) is 5.62. The molecule has 0 aromatic heterocycles. The Kier molecular flexibility index (Phi) is 6.88. The molecule has 0 radical (unpaired) electrons. The molecule has 1 saturated heterocycles. The van der Waals surface area contributed by atoms with Gasteiger partial charge in [-0.15, -0.1) is 0 Å². The van der Waals surface area contributed by atoms with E-state index in [-0.39, 0.29) is 28.0 Å². The maximum absolute atomic E-state index is 12.7. The molecule has 1 fully saturated rings. The summed E-state index contributed by atoms with van der Waals surface area (Å²) in [6.07, 6.45) is 3.66. The number of carboxylic acids is 1. The number of hydrogen-bond donors (Lipinski definition) is 3. The first-order valence-corrected chi connectivity index (χ1v) is 10.3. The van der Waals surface area contributed by atoms with Crippen molar-refractivity contribution in [2.24, 2.45) is 0 Å². The maximum Gasteiger partial charge on any atom is 0.339 e. The number of allylic oxidation sites excluding steroid dienone is 2. The normalized spacial score (nSPS) is 15.5. The number of phenols is 1. The lowest BCUT2D eigenvalue weighted by Gasteiger charge is -2.14. The van der Waals surface area contributed by atoms with Crippen LogP contribution >= 0.6 is 24.0 Å². The van der Waals surface area contributed by atoms with Crippen LogP contribution in [0.1, 0.15) is 22.8 Å². The van der Waals surface area contributed by atoms with Gasteiger partial charge in [-0.05, 0) is 42.3 Å². The first-order chi connectivity index (χ1) is 14.7. The topological polar surface area (TPSA) is 107 Å². The van der Waals surface area contributed by atoms with Crippen molar-refractivity contribution in [2.45, 2.75) is 6.92 Å². The Morgan fingerprint density at radius 3 is 2.58 bits per heavy atom. The Morgan fingerprint density at radius 1 is 1.19 bits per heavy atom. The molecule has 0 spiro atoms. The van der Waals surface area contributed by atoms with Crippen LogP contribution in [0.25, 0.3) is 6.08 Å². The molecular formula is C22H18N2O5S2. The Balaban J connectivity index is 1.68. The minimum atomic E-state index is -1.32. The molecule has 0 unspecified atom stereocenters. The molecule has 2 amide bonds. The first-order valence-electron chi connectivity index (χ1n) is 9.09. The van der Waals surface area contributed by atoms with Crippen LogP contribution in [-0.2, 0) is 9.59 Å². The van der Waals surface area contributed by atoms with Crippen molar-refractivity contribution < 1.29 is 24.6 Å². The van der Waals surface area contributed by atoms with E-state index in [0.717, 1.165) is 29.0 Å². The average Bonchev–Trinajstić information content (AvgIpc) is 2.97. The fourth-order valence-electron chi connectivity index (χ4n) is 2.83. The van der Waals surface area contributed by atoms with Gasteiger partial charge < -0.3 is 15.5 Å². The zero-order valence-electron chi connectivity index (χ0n) is 16.4. The zero-order chi connectivity index (χ0) is 22.5. The SMILES string of the molecule is CC(=Cc1ccccc1)C=C1SC(=S)N(CC(=O)Nc2ccc(O)c(C(=O)O)c2)C1=O. The Bertz CT molecular complexity index is 1130. The highest BCUT2D eigenvalue weighted by Crippen LogP contribution is 2.32. The Hall–Kier alpha value is -3.43. The van der Waals surface area contributed by atoms with Gasteiger partial charge in [0.15, 0.2) is 0 Å². The van der Waals surface area contributed by atoms with Crippen molar-refractivity contribution in [1.82, 2.24) is 4.90 Å². The molecule has 1 aliphatic heterocycles. The number of aromatic carboxylic acids is 1. The Labute approximate surface area is 188 Å². The third-order valence-electron chi connectivity index (χ3n) is 4.24. The molecule has 0 saturated carbocycles. The molecule has 3 N–H and O–H groups in total. The van der Waals surface area contributed by atoms with Crippen LogP contribution in [0.15, 0.2) is 65.1 Å². The van der Waals surface area contributed by atoms with Crippen LogP contribution in [0.3, 0.4) is 0 Å². The van der Waals surface area contributed by atoms with Crippen molar-refractivity contribution in [2.75, 3.05) is 11.9 Å². The fourth-order valence-corrected chi connectivity index (χ4v) is 4.13. The van der Waals surface area contributed by atoms with E-state index in [1.54, 1.807) is 6.08 Å². The fraction of sp³-hybridized carbons (Fsp3) is 0.0909. The molecule has 7 nitrogen and oxygen atoms in total. The highest BCUT2D eigenvalue weighted by atomic mass is 32.2. The van der Waals surface area contributed by atoms with Gasteiger partial charge in [-0.2, -0.15) is 0 Å². The second-order valence-electron chi connectivity index (χ2n) is 6.65. The molecule has 0 atom stereocenters. The van der Waals surface area contributed by atoms with Crippen molar-refractivity contribution in [3.63, 3.8) is 0 Å². The largest absolute Gasteiger partial charge is 0.507 e. The molecule has 1 aliphatic rings. The molecule has 31 heavy (non-hydrogen) atoms. The van der Waals surface area contributed by atoms with E-state index in [4.69, 9.17) is 17.3 Å². The summed E-state index contributed by atoms with van der Waals surface area (Å²) in [7, 11) is 0. The minimum absolute atomic E-state index is 0.183. The summed E-state index contributed by atoms with van der Waals surface area (Å²) in [6.45, 7) is 1.56. The third kappa shape index (κ3) is 5.59. The van der Waals surface area contributed by atoms with E-state index in [1.807, 2.05) is 43.3 Å². The standard InChI is InChI=1S/C22H18N2O5S2/c1-13(9-14-5-3-2-4-6-14)10-18-20(27)24(22(30)31-18)12-19(26)23-15-7-8-17(25)16(11-15)21(28)29/h2-11,25H,12H2,1H3,(H,23,26)(H,28,29). The van der Waals surface area contributed by atoms with Gasteiger partial charge in [0, 0.05) is 5.69 Å². The molecule has 2 aromatic rings. The average molecular weight is 455 g/mol. The summed E-state index contributed by atoms with van der Waals surface area (Å²) >= 11 is 6.36. The number of nitrogens with one attached hydrogen (secondary N) is 1. The smallest absolute Gasteiger partial charge is 0.339 e. The number of nitrogens with zero attached hydrogens (tertiary/aromatic N) is 1. The summed E-state index contributed by atoms with van der Waals surface area (Å²) in [5.74, 6) is -2.65. The van der Waals surface area contributed by atoms with Gasteiger partial charge in [0.25, 0.3) is 5.91 Å². The van der Waals surface area contributed by atoms with E-state index < -0.39 is 17.6 Å². The first kappa shape index (κ1) is 22.3. The summed E-state index contributed by atoms with van der Waals surface area (Å²) in [6, 6.07) is 13.3. The summed E-state index contributed by atoms with van der Waals surface area (Å²) in [5, 5.41) is 21.1. The van der Waals surface area contributed by atoms with Gasteiger partial charge in [-0.25, -0.2) is 4.79 Å². The lowest BCUT2D eigenvalue weighted by atomic mass is 10.1. The molecule has 158 valence electrons. The van der Waals surface area contributed by atoms with Crippen LogP contribution in [0.2, 0.25) is 0 Å². The zero-order valence-corrected chi connectivity index (χ0v) is 18.0. The number of carbonyl (C=O) groups is 3. The molecule has 1 heterocycles. The van der Waals surface area contributed by atoms with E-state index in [0.29, 0.717) is 4.91 Å². The number of carboxylic acid groups (broad SMARTS) is 1. The molecule has 3 rings (SSSR count). The lowest BCUT2D eigenvalue weighted by Crippen LogP contribution is -2.36. The van der Waals surface area contributed by atoms with Crippen molar-refractivity contribution in [3.8, 4) is 5.75 Å². The number of anilines is 1. The molecule has 0 bridgehead atoms. The van der Waals surface area contributed by atoms with E-state index in [2.05, 4.69) is 5.32 Å². The van der Waals surface area contributed by atoms with Crippen LogP contribution in [0.4, 0.5) is 5.69 Å². The number of aromatic hydroxyl groups is 1. The number of carbonyl (C=O) groups excluding carboxylic acids is 2. The predicted octanol–water partition coefficient (Wildman–Crippen LogP) is 3.88. The number of thiocarbonyl (C=S) groups is 1. The lowest BCUT2D eigenvalue weighted by molar-refractivity contribution is -0.126. The highest BCUT2D eigenvalue weighted by molar-refractivity contribution is 8.26. The maximum atomic E-state index is 12.7. The Morgan fingerprint density at radius 2 is 1.90 bits per heavy atom. The van der Waals surface area contributed by atoms with Gasteiger partial charge in [0.1, 0.15) is 22.2 Å². The number of amides is 2. The monoisotopic (exact) mass is 454 g/mol. The number of hydrogen-bond acceptors (Lipinski definition) is 6. The number of benzene rings is 2. The molecule has 9 heteroatoms. The van der Waals surface area contributed by atoms with Gasteiger partial charge >= 0.3 is 5.97 Å². The summed E-state index contributed by atoms with van der Waals surface area (Å²) in [4.78, 5) is 37.8. The predicted molar refractivity (Wildman–Crippen MR) is 124 cm³/mol. The number of thioether (sulfide) groups is 1. The molecule has 0 aliphatic carbocycles. The van der Waals surface area contributed by atoms with Crippen molar-refractivity contribution >= 4 is 57.8 Å². The van der Waals surface area contributed by atoms with E-state index >= 15 is 0 Å². The van der Waals surface area contributed by atoms with Crippen LogP contribution < -0.4 is 5.32 Å². The van der Waals surface area contributed by atoms with Gasteiger partial charge in [-0.3, -0.25) is 14.5 Å². The van der Waals surface area contributed by atoms with E-state index in [9.17, 15) is 19.5 Å². The van der Waals surface area contributed by atoms with Gasteiger partial charge in [0.2, 0.25) is 5.91 Å². The number of rotatable bonds is 6. The minimum Gasteiger partial charge on any atom is -0.507 e. The summed E-state index contributed by atoms with van der Waals surface area (Å²) < 4.78 is 0.260.